The van der Waals surface area contributed by atoms with E-state index in [-0.39, 0.29) is 18.4 Å². The number of carbonyl (C=O) groups excluding carboxylic acids is 1. The zero-order chi connectivity index (χ0) is 9.56. The molecule has 0 aliphatic carbocycles. The van der Waals surface area contributed by atoms with Gasteiger partial charge in [0.25, 0.3) is 0 Å². The molecule has 0 aromatic carbocycles. The SMILES string of the molecule is CC(O)CC(C)CCC(=O)OO. The van der Waals surface area contributed by atoms with Crippen LogP contribution in [-0.4, -0.2) is 22.4 Å². The Hall–Kier alpha value is -0.610. The van der Waals surface area contributed by atoms with Gasteiger partial charge < -0.3 is 9.99 Å². The highest BCUT2D eigenvalue weighted by molar-refractivity contribution is 5.68. The van der Waals surface area contributed by atoms with Crippen LogP contribution in [0.1, 0.15) is 33.1 Å². The Morgan fingerprint density at radius 2 is 2.08 bits per heavy atom. The predicted octanol–water partition coefficient (Wildman–Crippen LogP) is 1.19. The summed E-state index contributed by atoms with van der Waals surface area (Å²) in [6.07, 6.45) is 1.15. The summed E-state index contributed by atoms with van der Waals surface area (Å²) in [6, 6.07) is 0. The quantitative estimate of drug-likeness (QED) is 0.487. The molecule has 0 aromatic rings. The minimum atomic E-state index is -0.618. The highest BCUT2D eigenvalue weighted by atomic mass is 17.1. The van der Waals surface area contributed by atoms with Crippen LogP contribution >= 0.6 is 0 Å². The van der Waals surface area contributed by atoms with Crippen LogP contribution in [-0.2, 0) is 9.68 Å². The Morgan fingerprint density at radius 1 is 1.50 bits per heavy atom. The van der Waals surface area contributed by atoms with Crippen molar-refractivity contribution in [1.82, 2.24) is 0 Å². The molecule has 0 aliphatic heterocycles. The first kappa shape index (κ1) is 11.4. The van der Waals surface area contributed by atoms with E-state index in [9.17, 15) is 4.79 Å². The molecule has 4 nitrogen and oxygen atoms in total. The number of hydrogen-bond donors (Lipinski definition) is 2. The van der Waals surface area contributed by atoms with E-state index in [4.69, 9.17) is 10.4 Å². The van der Waals surface area contributed by atoms with Crippen molar-refractivity contribution < 1.29 is 20.0 Å². The molecule has 0 saturated heterocycles. The largest absolute Gasteiger partial charge is 0.393 e. The van der Waals surface area contributed by atoms with Crippen LogP contribution in [0.25, 0.3) is 0 Å². The van der Waals surface area contributed by atoms with Crippen LogP contribution < -0.4 is 0 Å². The molecule has 0 saturated carbocycles. The Labute approximate surface area is 72.1 Å². The molecule has 12 heavy (non-hydrogen) atoms. The van der Waals surface area contributed by atoms with Gasteiger partial charge in [-0.25, -0.2) is 4.79 Å². The van der Waals surface area contributed by atoms with Crippen molar-refractivity contribution in [2.45, 2.75) is 39.2 Å². The first-order valence-corrected chi connectivity index (χ1v) is 4.08. The van der Waals surface area contributed by atoms with Crippen molar-refractivity contribution in [3.63, 3.8) is 0 Å². The van der Waals surface area contributed by atoms with Gasteiger partial charge in [-0.05, 0) is 25.7 Å². The second-order valence-corrected chi connectivity index (χ2v) is 3.19. The summed E-state index contributed by atoms with van der Waals surface area (Å²) in [5.74, 6) is -0.350. The Morgan fingerprint density at radius 3 is 2.50 bits per heavy atom. The maximum atomic E-state index is 10.5. The summed E-state index contributed by atoms with van der Waals surface area (Å²) < 4.78 is 0. The van der Waals surface area contributed by atoms with Gasteiger partial charge in [0.05, 0.1) is 6.10 Å². The highest BCUT2D eigenvalue weighted by Gasteiger charge is 2.09. The van der Waals surface area contributed by atoms with E-state index in [0.29, 0.717) is 12.8 Å². The monoisotopic (exact) mass is 176 g/mol. The van der Waals surface area contributed by atoms with Crippen LogP contribution in [0, 0.1) is 5.92 Å². The molecular formula is C8H16O4. The van der Waals surface area contributed by atoms with Crippen molar-refractivity contribution in [3.8, 4) is 0 Å². The van der Waals surface area contributed by atoms with Crippen molar-refractivity contribution in [2.24, 2.45) is 5.92 Å². The molecule has 0 bridgehead atoms. The molecule has 0 radical (unpaired) electrons. The smallest absolute Gasteiger partial charge is 0.342 e. The molecule has 0 fully saturated rings. The topological polar surface area (TPSA) is 66.8 Å². The number of aliphatic hydroxyl groups excluding tert-OH is 1. The third kappa shape index (κ3) is 6.12. The van der Waals surface area contributed by atoms with Gasteiger partial charge in [-0.15, -0.1) is 0 Å². The molecule has 0 aromatic heterocycles. The van der Waals surface area contributed by atoms with E-state index in [1.165, 1.54) is 0 Å². The summed E-state index contributed by atoms with van der Waals surface area (Å²) in [6.45, 7) is 3.65. The number of rotatable bonds is 5. The van der Waals surface area contributed by atoms with Crippen molar-refractivity contribution in [1.29, 1.82) is 0 Å². The highest BCUT2D eigenvalue weighted by Crippen LogP contribution is 2.12. The molecule has 2 N–H and O–H groups in total. The maximum Gasteiger partial charge on any atom is 0.342 e. The Bertz CT molecular complexity index is 133. The van der Waals surface area contributed by atoms with Gasteiger partial charge in [0.15, 0.2) is 0 Å². The maximum absolute atomic E-state index is 10.5. The summed E-state index contributed by atoms with van der Waals surface area (Å²) in [4.78, 5) is 14.0. The first-order chi connectivity index (χ1) is 5.56. The predicted molar refractivity (Wildman–Crippen MR) is 43.4 cm³/mol. The molecular weight excluding hydrogens is 160 g/mol. The molecule has 4 heteroatoms. The van der Waals surface area contributed by atoms with E-state index >= 15 is 0 Å². The first-order valence-electron chi connectivity index (χ1n) is 4.08. The molecule has 0 rings (SSSR count). The fourth-order valence-electron chi connectivity index (χ4n) is 1.11. The lowest BCUT2D eigenvalue weighted by molar-refractivity contribution is -0.234. The molecule has 0 heterocycles. The van der Waals surface area contributed by atoms with Gasteiger partial charge in [0.2, 0.25) is 0 Å². The summed E-state index contributed by atoms with van der Waals surface area (Å²) >= 11 is 0. The average Bonchev–Trinajstić information content (AvgIpc) is 1.99. The van der Waals surface area contributed by atoms with Crippen LogP contribution in [0.5, 0.6) is 0 Å². The summed E-state index contributed by atoms with van der Waals surface area (Å²) in [5.41, 5.74) is 0. The van der Waals surface area contributed by atoms with Crippen molar-refractivity contribution >= 4 is 5.97 Å². The van der Waals surface area contributed by atoms with Crippen LogP contribution in [0.3, 0.4) is 0 Å². The number of aliphatic hydroxyl groups is 1. The molecule has 2 atom stereocenters. The Kier molecular flexibility index (Phi) is 5.66. The van der Waals surface area contributed by atoms with Crippen molar-refractivity contribution in [2.75, 3.05) is 0 Å². The van der Waals surface area contributed by atoms with Crippen LogP contribution in [0.2, 0.25) is 0 Å². The third-order valence-corrected chi connectivity index (χ3v) is 1.69. The lowest BCUT2D eigenvalue weighted by Gasteiger charge is -2.11. The Balaban J connectivity index is 3.43. The van der Waals surface area contributed by atoms with Crippen LogP contribution in [0.4, 0.5) is 0 Å². The molecule has 2 unspecified atom stereocenters. The van der Waals surface area contributed by atoms with Crippen LogP contribution in [0.15, 0.2) is 0 Å². The van der Waals surface area contributed by atoms with Gasteiger partial charge in [0.1, 0.15) is 0 Å². The van der Waals surface area contributed by atoms with Gasteiger partial charge in [0, 0.05) is 6.42 Å². The second kappa shape index (κ2) is 5.97. The van der Waals surface area contributed by atoms with E-state index in [1.54, 1.807) is 6.92 Å². The molecule has 0 aliphatic rings. The van der Waals surface area contributed by atoms with E-state index in [1.807, 2.05) is 6.92 Å². The van der Waals surface area contributed by atoms with Crippen molar-refractivity contribution in [3.05, 3.63) is 0 Å². The minimum absolute atomic E-state index is 0.199. The number of hydrogen-bond acceptors (Lipinski definition) is 4. The zero-order valence-corrected chi connectivity index (χ0v) is 7.49. The lowest BCUT2D eigenvalue weighted by Crippen LogP contribution is -2.09. The standard InChI is InChI=1S/C8H16O4/c1-6(5-7(2)9)3-4-8(10)12-11/h6-7,9,11H,3-5H2,1-2H3. The third-order valence-electron chi connectivity index (χ3n) is 1.69. The normalized spacial score (nSPS) is 15.3. The molecule has 0 spiro atoms. The fourth-order valence-corrected chi connectivity index (χ4v) is 1.11. The van der Waals surface area contributed by atoms with Gasteiger partial charge >= 0.3 is 5.97 Å². The summed E-state index contributed by atoms with van der Waals surface area (Å²) in [5, 5.41) is 16.9. The minimum Gasteiger partial charge on any atom is -0.393 e. The average molecular weight is 176 g/mol. The lowest BCUT2D eigenvalue weighted by atomic mass is 9.99. The second-order valence-electron chi connectivity index (χ2n) is 3.19. The van der Waals surface area contributed by atoms with Gasteiger partial charge in [-0.1, -0.05) is 6.92 Å². The van der Waals surface area contributed by atoms with E-state index < -0.39 is 5.97 Å². The van der Waals surface area contributed by atoms with Gasteiger partial charge in [-0.3, -0.25) is 0 Å². The summed E-state index contributed by atoms with van der Waals surface area (Å²) in [7, 11) is 0. The van der Waals surface area contributed by atoms with Gasteiger partial charge in [-0.2, -0.15) is 5.26 Å². The molecule has 0 amide bonds. The van der Waals surface area contributed by atoms with E-state index in [0.717, 1.165) is 0 Å². The fraction of sp³-hybridized carbons (Fsp3) is 0.875. The van der Waals surface area contributed by atoms with E-state index in [2.05, 4.69) is 4.89 Å². The number of carbonyl (C=O) groups is 1. The molecule has 72 valence electrons. The zero-order valence-electron chi connectivity index (χ0n) is 7.49.